The van der Waals surface area contributed by atoms with Crippen LogP contribution >= 0.6 is 15.9 Å². The highest BCUT2D eigenvalue weighted by Gasteiger charge is 2.34. The van der Waals surface area contributed by atoms with E-state index in [-0.39, 0.29) is 11.3 Å². The lowest BCUT2D eigenvalue weighted by Gasteiger charge is -2.32. The first kappa shape index (κ1) is 13.6. The molecule has 3 nitrogen and oxygen atoms in total. The number of nitrogens with one attached hydrogen (secondary N) is 2. The zero-order valence-electron chi connectivity index (χ0n) is 10.6. The van der Waals surface area contributed by atoms with E-state index in [9.17, 15) is 4.79 Å². The Bertz CT molecular complexity index is 410. The molecular formula is C14H19BrN2O. The Hall–Kier alpha value is -0.870. The van der Waals surface area contributed by atoms with Gasteiger partial charge in [0.05, 0.1) is 0 Å². The molecule has 1 fully saturated rings. The first-order chi connectivity index (χ1) is 8.60. The summed E-state index contributed by atoms with van der Waals surface area (Å²) in [7, 11) is 0. The number of benzene rings is 1. The maximum Gasteiger partial charge on any atom is 0.226 e. The SMILES string of the molecule is CC1(C(=O)NCc2ccc(Br)cc2)CCNCC1. The van der Waals surface area contributed by atoms with Crippen LogP contribution in [0.5, 0.6) is 0 Å². The van der Waals surface area contributed by atoms with Crippen LogP contribution in [0, 0.1) is 5.41 Å². The van der Waals surface area contributed by atoms with Crippen molar-refractivity contribution in [2.24, 2.45) is 5.41 Å². The van der Waals surface area contributed by atoms with Gasteiger partial charge in [0.2, 0.25) is 5.91 Å². The van der Waals surface area contributed by atoms with Gasteiger partial charge < -0.3 is 10.6 Å². The summed E-state index contributed by atoms with van der Waals surface area (Å²) in [6.07, 6.45) is 1.83. The van der Waals surface area contributed by atoms with Crippen molar-refractivity contribution in [1.29, 1.82) is 0 Å². The molecule has 1 amide bonds. The summed E-state index contributed by atoms with van der Waals surface area (Å²) in [6, 6.07) is 8.03. The standard InChI is InChI=1S/C14H19BrN2O/c1-14(6-8-16-9-7-14)13(18)17-10-11-2-4-12(15)5-3-11/h2-5,16H,6-10H2,1H3,(H,17,18). The molecule has 0 aromatic heterocycles. The second-order valence-corrected chi connectivity index (χ2v) is 6.04. The molecule has 0 atom stereocenters. The Kier molecular flexibility index (Phi) is 4.40. The van der Waals surface area contributed by atoms with Crippen molar-refractivity contribution >= 4 is 21.8 Å². The van der Waals surface area contributed by atoms with Gasteiger partial charge >= 0.3 is 0 Å². The summed E-state index contributed by atoms with van der Waals surface area (Å²) >= 11 is 3.40. The van der Waals surface area contributed by atoms with Gasteiger partial charge in [-0.25, -0.2) is 0 Å². The van der Waals surface area contributed by atoms with Crippen molar-refractivity contribution in [3.8, 4) is 0 Å². The van der Waals surface area contributed by atoms with Gasteiger partial charge in [-0.2, -0.15) is 0 Å². The van der Waals surface area contributed by atoms with E-state index in [1.165, 1.54) is 0 Å². The average Bonchev–Trinajstić information content (AvgIpc) is 2.38. The fourth-order valence-electron chi connectivity index (χ4n) is 2.20. The van der Waals surface area contributed by atoms with Gasteiger partial charge in [0.25, 0.3) is 0 Å². The number of halogens is 1. The fourth-order valence-corrected chi connectivity index (χ4v) is 2.47. The zero-order chi connectivity index (χ0) is 13.0. The molecule has 0 spiro atoms. The average molecular weight is 311 g/mol. The van der Waals surface area contributed by atoms with Crippen molar-refractivity contribution in [2.75, 3.05) is 13.1 Å². The molecular weight excluding hydrogens is 292 g/mol. The van der Waals surface area contributed by atoms with Crippen LogP contribution in [0.15, 0.2) is 28.7 Å². The summed E-state index contributed by atoms with van der Waals surface area (Å²) in [5.74, 6) is 0.173. The van der Waals surface area contributed by atoms with E-state index >= 15 is 0 Å². The van der Waals surface area contributed by atoms with Crippen LogP contribution in [0.1, 0.15) is 25.3 Å². The Labute approximate surface area is 116 Å². The van der Waals surface area contributed by atoms with E-state index in [0.717, 1.165) is 36.0 Å². The number of amides is 1. The fraction of sp³-hybridized carbons (Fsp3) is 0.500. The maximum atomic E-state index is 12.2. The van der Waals surface area contributed by atoms with Crippen LogP contribution in [0.4, 0.5) is 0 Å². The third kappa shape index (κ3) is 3.33. The van der Waals surface area contributed by atoms with Crippen molar-refractivity contribution in [2.45, 2.75) is 26.3 Å². The van der Waals surface area contributed by atoms with Crippen LogP contribution in [0.3, 0.4) is 0 Å². The van der Waals surface area contributed by atoms with Crippen molar-refractivity contribution in [3.05, 3.63) is 34.3 Å². The van der Waals surface area contributed by atoms with E-state index in [0.29, 0.717) is 6.54 Å². The molecule has 1 aliphatic heterocycles. The topological polar surface area (TPSA) is 41.1 Å². The molecule has 0 radical (unpaired) electrons. The molecule has 0 saturated carbocycles. The van der Waals surface area contributed by atoms with Crippen molar-refractivity contribution in [3.63, 3.8) is 0 Å². The largest absolute Gasteiger partial charge is 0.352 e. The Morgan fingerprint density at radius 3 is 2.56 bits per heavy atom. The molecule has 0 bridgehead atoms. The number of carbonyl (C=O) groups excluding carboxylic acids is 1. The minimum absolute atomic E-state index is 0.173. The summed E-state index contributed by atoms with van der Waals surface area (Å²) in [5.41, 5.74) is 0.921. The Morgan fingerprint density at radius 2 is 1.94 bits per heavy atom. The smallest absolute Gasteiger partial charge is 0.226 e. The van der Waals surface area contributed by atoms with E-state index < -0.39 is 0 Å². The monoisotopic (exact) mass is 310 g/mol. The van der Waals surface area contributed by atoms with Gasteiger partial charge in [-0.3, -0.25) is 4.79 Å². The molecule has 4 heteroatoms. The zero-order valence-corrected chi connectivity index (χ0v) is 12.2. The molecule has 1 aromatic rings. The molecule has 18 heavy (non-hydrogen) atoms. The lowest BCUT2D eigenvalue weighted by Crippen LogP contribution is -2.45. The number of piperidine rings is 1. The molecule has 1 aromatic carbocycles. The van der Waals surface area contributed by atoms with Crippen LogP contribution in [-0.2, 0) is 11.3 Å². The molecule has 98 valence electrons. The van der Waals surface area contributed by atoms with Crippen LogP contribution in [0.2, 0.25) is 0 Å². The number of rotatable bonds is 3. The predicted molar refractivity (Wildman–Crippen MR) is 76.2 cm³/mol. The van der Waals surface area contributed by atoms with Gasteiger partial charge in [0, 0.05) is 16.4 Å². The lowest BCUT2D eigenvalue weighted by molar-refractivity contribution is -0.131. The summed E-state index contributed by atoms with van der Waals surface area (Å²) in [5, 5.41) is 6.34. The maximum absolute atomic E-state index is 12.2. The van der Waals surface area contributed by atoms with Gasteiger partial charge in [0.1, 0.15) is 0 Å². The molecule has 2 N–H and O–H groups in total. The van der Waals surface area contributed by atoms with Gasteiger partial charge in [0.15, 0.2) is 0 Å². The summed E-state index contributed by atoms with van der Waals surface area (Å²) < 4.78 is 1.06. The second kappa shape index (κ2) is 5.85. The first-order valence-corrected chi connectivity index (χ1v) is 7.13. The highest BCUT2D eigenvalue weighted by molar-refractivity contribution is 9.10. The minimum Gasteiger partial charge on any atom is -0.352 e. The van der Waals surface area contributed by atoms with Crippen LogP contribution in [-0.4, -0.2) is 19.0 Å². The Morgan fingerprint density at radius 1 is 1.33 bits per heavy atom. The van der Waals surface area contributed by atoms with E-state index in [4.69, 9.17) is 0 Å². The minimum atomic E-state index is -0.208. The quantitative estimate of drug-likeness (QED) is 0.900. The normalized spacial score (nSPS) is 18.3. The molecule has 1 heterocycles. The first-order valence-electron chi connectivity index (χ1n) is 6.34. The molecule has 1 aliphatic rings. The van der Waals surface area contributed by atoms with Crippen LogP contribution in [0.25, 0.3) is 0 Å². The summed E-state index contributed by atoms with van der Waals surface area (Å²) in [6.45, 7) is 4.53. The van der Waals surface area contributed by atoms with E-state index in [1.807, 2.05) is 24.3 Å². The third-order valence-corrected chi connectivity index (χ3v) is 4.15. The Balaban J connectivity index is 1.89. The molecule has 0 aliphatic carbocycles. The lowest BCUT2D eigenvalue weighted by atomic mass is 9.80. The predicted octanol–water partition coefficient (Wildman–Crippen LogP) is 2.46. The van der Waals surface area contributed by atoms with Crippen LogP contribution < -0.4 is 10.6 Å². The molecule has 1 saturated heterocycles. The highest BCUT2D eigenvalue weighted by atomic mass is 79.9. The van der Waals surface area contributed by atoms with E-state index in [1.54, 1.807) is 0 Å². The third-order valence-electron chi connectivity index (χ3n) is 3.62. The number of hydrogen-bond donors (Lipinski definition) is 2. The number of hydrogen-bond acceptors (Lipinski definition) is 2. The van der Waals surface area contributed by atoms with Gasteiger partial charge in [-0.05, 0) is 43.6 Å². The number of carbonyl (C=O) groups is 1. The van der Waals surface area contributed by atoms with Gasteiger partial charge in [-0.1, -0.05) is 35.0 Å². The molecule has 0 unspecified atom stereocenters. The van der Waals surface area contributed by atoms with Gasteiger partial charge in [-0.15, -0.1) is 0 Å². The van der Waals surface area contributed by atoms with Crippen molar-refractivity contribution < 1.29 is 4.79 Å². The van der Waals surface area contributed by atoms with E-state index in [2.05, 4.69) is 33.5 Å². The van der Waals surface area contributed by atoms with Crippen molar-refractivity contribution in [1.82, 2.24) is 10.6 Å². The molecule has 2 rings (SSSR count). The second-order valence-electron chi connectivity index (χ2n) is 5.12. The summed E-state index contributed by atoms with van der Waals surface area (Å²) in [4.78, 5) is 12.2. The highest BCUT2D eigenvalue weighted by Crippen LogP contribution is 2.28.